The lowest BCUT2D eigenvalue weighted by molar-refractivity contribution is -0.901. The van der Waals surface area contributed by atoms with Gasteiger partial charge < -0.3 is 10.2 Å². The predicted octanol–water partition coefficient (Wildman–Crippen LogP) is 2.49. The number of nitrogens with one attached hydrogen (secondary N) is 2. The van der Waals surface area contributed by atoms with Gasteiger partial charge in [-0.2, -0.15) is 0 Å². The molecule has 1 fully saturated rings. The van der Waals surface area contributed by atoms with E-state index in [0.29, 0.717) is 13.0 Å². The second-order valence-corrected chi connectivity index (χ2v) is 8.02. The Morgan fingerprint density at radius 3 is 2.13 bits per heavy atom. The number of hydrogen-bond donors (Lipinski definition) is 2. The highest BCUT2D eigenvalue weighted by Gasteiger charge is 2.53. The molecular formula is C25H25FN3O2+. The molecule has 0 bridgehead atoms. The third-order valence-electron chi connectivity index (χ3n) is 5.60. The number of carbonyl (C=O) groups is 2. The summed E-state index contributed by atoms with van der Waals surface area (Å²) in [7, 11) is 1.91. The Hall–Kier alpha value is -3.51. The van der Waals surface area contributed by atoms with Gasteiger partial charge in [-0.15, -0.1) is 0 Å². The van der Waals surface area contributed by atoms with Crippen molar-refractivity contribution in [3.05, 3.63) is 107 Å². The zero-order valence-corrected chi connectivity index (χ0v) is 17.3. The standard InChI is InChI=1S/C25H24FN3O2/c1-28(17-20-12-14-22(26)15-13-20)18-29-23(30)25(27-24(29)31,21-10-6-3-7-11-21)16-19-8-4-2-5-9-19/h2-15H,16-18H2,1H3,(H,27,31)/p+1/t25-/m0/s1. The molecule has 5 nitrogen and oxygen atoms in total. The first-order valence-electron chi connectivity index (χ1n) is 10.3. The average molecular weight is 418 g/mol. The Bertz CT molecular complexity index is 1060. The van der Waals surface area contributed by atoms with E-state index in [1.54, 1.807) is 12.1 Å². The second-order valence-electron chi connectivity index (χ2n) is 8.02. The second kappa shape index (κ2) is 8.70. The van der Waals surface area contributed by atoms with Crippen molar-refractivity contribution in [2.45, 2.75) is 18.5 Å². The van der Waals surface area contributed by atoms with Gasteiger partial charge in [0.25, 0.3) is 5.91 Å². The number of quaternary nitrogens is 1. The molecule has 1 aliphatic heterocycles. The first-order valence-corrected chi connectivity index (χ1v) is 10.3. The molecule has 2 N–H and O–H groups in total. The fourth-order valence-electron chi connectivity index (χ4n) is 4.09. The third-order valence-corrected chi connectivity index (χ3v) is 5.60. The van der Waals surface area contributed by atoms with Gasteiger partial charge in [-0.05, 0) is 23.3 Å². The minimum atomic E-state index is -1.14. The lowest BCUT2D eigenvalue weighted by Crippen LogP contribution is -3.09. The summed E-state index contributed by atoms with van der Waals surface area (Å²) < 4.78 is 13.2. The largest absolute Gasteiger partial charge is 0.329 e. The van der Waals surface area contributed by atoms with Crippen molar-refractivity contribution < 1.29 is 18.9 Å². The van der Waals surface area contributed by atoms with Crippen LogP contribution in [0, 0.1) is 5.82 Å². The van der Waals surface area contributed by atoms with Gasteiger partial charge in [0.05, 0.1) is 7.05 Å². The molecule has 158 valence electrons. The molecule has 2 atom stereocenters. The van der Waals surface area contributed by atoms with Crippen molar-refractivity contribution in [2.75, 3.05) is 13.7 Å². The van der Waals surface area contributed by atoms with Crippen LogP contribution in [0.25, 0.3) is 0 Å². The Balaban J connectivity index is 1.58. The molecule has 3 aromatic carbocycles. The summed E-state index contributed by atoms with van der Waals surface area (Å²) in [6, 6.07) is 24.9. The zero-order chi connectivity index (χ0) is 21.8. The van der Waals surface area contributed by atoms with Crippen molar-refractivity contribution in [3.8, 4) is 0 Å². The number of carbonyl (C=O) groups excluding carboxylic acids is 2. The number of rotatable bonds is 7. The maximum atomic E-state index is 13.7. The molecule has 0 aromatic heterocycles. The number of imide groups is 1. The molecule has 31 heavy (non-hydrogen) atoms. The number of urea groups is 1. The van der Waals surface area contributed by atoms with E-state index in [0.717, 1.165) is 21.6 Å². The van der Waals surface area contributed by atoms with Crippen molar-refractivity contribution >= 4 is 11.9 Å². The van der Waals surface area contributed by atoms with Crippen LogP contribution in [-0.2, 0) is 23.3 Å². The van der Waals surface area contributed by atoms with E-state index in [2.05, 4.69) is 5.32 Å². The summed E-state index contributed by atoms with van der Waals surface area (Å²) >= 11 is 0. The highest BCUT2D eigenvalue weighted by atomic mass is 19.1. The van der Waals surface area contributed by atoms with E-state index in [1.807, 2.05) is 67.7 Å². The monoisotopic (exact) mass is 418 g/mol. The van der Waals surface area contributed by atoms with Crippen LogP contribution in [0.5, 0.6) is 0 Å². The lowest BCUT2D eigenvalue weighted by atomic mass is 9.83. The fraction of sp³-hybridized carbons (Fsp3) is 0.200. The maximum absolute atomic E-state index is 13.7. The number of nitrogens with zero attached hydrogens (tertiary/aromatic N) is 1. The summed E-state index contributed by atoms with van der Waals surface area (Å²) in [4.78, 5) is 28.8. The Morgan fingerprint density at radius 2 is 1.48 bits per heavy atom. The molecule has 1 saturated heterocycles. The van der Waals surface area contributed by atoms with Gasteiger partial charge in [-0.25, -0.2) is 14.1 Å². The zero-order valence-electron chi connectivity index (χ0n) is 17.3. The highest BCUT2D eigenvalue weighted by molar-refractivity contribution is 6.07. The first-order chi connectivity index (χ1) is 15.0. The summed E-state index contributed by atoms with van der Waals surface area (Å²) in [5.74, 6) is -0.546. The van der Waals surface area contributed by atoms with Crippen LogP contribution in [0.1, 0.15) is 16.7 Å². The number of hydrogen-bond acceptors (Lipinski definition) is 2. The number of amides is 3. The van der Waals surface area contributed by atoms with Crippen LogP contribution in [0.4, 0.5) is 9.18 Å². The Labute approximate surface area is 181 Å². The molecule has 3 aromatic rings. The summed E-state index contributed by atoms with van der Waals surface area (Å²) in [5, 5.41) is 2.98. The molecular weight excluding hydrogens is 393 g/mol. The van der Waals surface area contributed by atoms with Crippen LogP contribution < -0.4 is 10.2 Å². The Morgan fingerprint density at radius 1 is 0.871 bits per heavy atom. The molecule has 0 saturated carbocycles. The van der Waals surface area contributed by atoms with Crippen LogP contribution in [0.3, 0.4) is 0 Å². The predicted molar refractivity (Wildman–Crippen MR) is 116 cm³/mol. The topological polar surface area (TPSA) is 53.9 Å². The average Bonchev–Trinajstić information content (AvgIpc) is 3.01. The molecule has 0 radical (unpaired) electrons. The van der Waals surface area contributed by atoms with Gasteiger partial charge in [0.1, 0.15) is 12.4 Å². The van der Waals surface area contributed by atoms with E-state index in [-0.39, 0.29) is 18.4 Å². The molecule has 0 aliphatic carbocycles. The van der Waals surface area contributed by atoms with Gasteiger partial charge >= 0.3 is 6.03 Å². The van der Waals surface area contributed by atoms with Crippen molar-refractivity contribution in [3.63, 3.8) is 0 Å². The highest BCUT2D eigenvalue weighted by Crippen LogP contribution is 2.32. The van der Waals surface area contributed by atoms with Crippen molar-refractivity contribution in [1.82, 2.24) is 10.2 Å². The van der Waals surface area contributed by atoms with Crippen molar-refractivity contribution in [1.29, 1.82) is 0 Å². The lowest BCUT2D eigenvalue weighted by Gasteiger charge is -2.28. The van der Waals surface area contributed by atoms with Crippen LogP contribution in [0.2, 0.25) is 0 Å². The number of benzene rings is 3. The molecule has 3 amide bonds. The molecule has 1 unspecified atom stereocenters. The Kier molecular flexibility index (Phi) is 5.82. The molecule has 4 rings (SSSR count). The molecule has 1 aliphatic rings. The molecule has 0 spiro atoms. The first kappa shape index (κ1) is 20.8. The van der Waals surface area contributed by atoms with E-state index in [4.69, 9.17) is 0 Å². The summed E-state index contributed by atoms with van der Waals surface area (Å²) in [6.07, 6.45) is 0.371. The van der Waals surface area contributed by atoms with Gasteiger partial charge in [0, 0.05) is 12.0 Å². The van der Waals surface area contributed by atoms with Crippen LogP contribution >= 0.6 is 0 Å². The quantitative estimate of drug-likeness (QED) is 0.580. The molecule has 1 heterocycles. The maximum Gasteiger partial charge on any atom is 0.329 e. The fourth-order valence-corrected chi connectivity index (χ4v) is 4.09. The van der Waals surface area contributed by atoms with E-state index in [9.17, 15) is 14.0 Å². The van der Waals surface area contributed by atoms with Crippen LogP contribution in [-0.4, -0.2) is 30.6 Å². The normalized spacial score (nSPS) is 19.4. The van der Waals surface area contributed by atoms with E-state index in [1.165, 1.54) is 17.0 Å². The van der Waals surface area contributed by atoms with Crippen molar-refractivity contribution in [2.24, 2.45) is 0 Å². The summed E-state index contributed by atoms with van der Waals surface area (Å²) in [5.41, 5.74) is 1.52. The van der Waals surface area contributed by atoms with Gasteiger partial charge in [0.2, 0.25) is 0 Å². The summed E-state index contributed by atoms with van der Waals surface area (Å²) in [6.45, 7) is 0.778. The minimum Gasteiger partial charge on any atom is -0.319 e. The van der Waals surface area contributed by atoms with Gasteiger partial charge in [-0.1, -0.05) is 72.8 Å². The van der Waals surface area contributed by atoms with Crippen LogP contribution in [0.15, 0.2) is 84.9 Å². The minimum absolute atomic E-state index is 0.214. The number of halogens is 1. The smallest absolute Gasteiger partial charge is 0.319 e. The SMILES string of the molecule is C[NH+](Cc1ccc(F)cc1)CN1C(=O)N[C@@](Cc2ccccc2)(c2ccccc2)C1=O. The van der Waals surface area contributed by atoms with Gasteiger partial charge in [-0.3, -0.25) is 4.79 Å². The molecule has 6 heteroatoms. The van der Waals surface area contributed by atoms with Gasteiger partial charge in [0.15, 0.2) is 12.2 Å². The third kappa shape index (κ3) is 4.34. The van der Waals surface area contributed by atoms with E-state index >= 15 is 0 Å². The van der Waals surface area contributed by atoms with E-state index < -0.39 is 11.6 Å².